The lowest BCUT2D eigenvalue weighted by Crippen LogP contribution is -2.47. The second-order valence-corrected chi connectivity index (χ2v) is 5.31. The van der Waals surface area contributed by atoms with Gasteiger partial charge in [-0.1, -0.05) is 49.6 Å². The Balaban J connectivity index is 2.36. The molecule has 1 amide bonds. The van der Waals surface area contributed by atoms with Crippen molar-refractivity contribution in [3.63, 3.8) is 0 Å². The maximum Gasteiger partial charge on any atom is 0.422 e. The molecule has 0 aromatic heterocycles. The van der Waals surface area contributed by atoms with Crippen LogP contribution in [0.4, 0.5) is 4.79 Å². The standard InChI is InChI=1S/C16H27N3O2/c1-14(9-5-2-3-8-12-17)19(16(20)21)18-13-15-10-6-4-7-11-15/h4,6-7,10-11,14,18H,2-3,5,8-9,12-13,17H2,1H3,(H,20,21)/t14-/m1/s1. The van der Waals surface area contributed by atoms with Crippen LogP contribution in [0.1, 0.15) is 44.6 Å². The van der Waals surface area contributed by atoms with E-state index in [1.165, 1.54) is 5.01 Å². The molecule has 21 heavy (non-hydrogen) atoms. The molecule has 1 aromatic rings. The minimum atomic E-state index is -0.930. The lowest BCUT2D eigenvalue weighted by Gasteiger charge is -2.27. The molecule has 0 aliphatic rings. The number of nitrogens with one attached hydrogen (secondary N) is 1. The fourth-order valence-electron chi connectivity index (χ4n) is 2.25. The van der Waals surface area contributed by atoms with E-state index >= 15 is 0 Å². The van der Waals surface area contributed by atoms with Crippen molar-refractivity contribution in [1.29, 1.82) is 0 Å². The van der Waals surface area contributed by atoms with Crippen molar-refractivity contribution < 1.29 is 9.90 Å². The first-order valence-electron chi connectivity index (χ1n) is 7.64. The first-order chi connectivity index (χ1) is 10.1. The smallest absolute Gasteiger partial charge is 0.422 e. The average Bonchev–Trinajstić information content (AvgIpc) is 2.48. The number of rotatable bonds is 10. The van der Waals surface area contributed by atoms with Gasteiger partial charge in [0, 0.05) is 12.6 Å². The summed E-state index contributed by atoms with van der Waals surface area (Å²) >= 11 is 0. The van der Waals surface area contributed by atoms with Gasteiger partial charge in [-0.05, 0) is 31.9 Å². The Morgan fingerprint density at radius 2 is 1.90 bits per heavy atom. The number of carboxylic acid groups (broad SMARTS) is 1. The molecule has 0 aliphatic carbocycles. The quantitative estimate of drug-likeness (QED) is 0.458. The molecule has 0 spiro atoms. The van der Waals surface area contributed by atoms with Crippen LogP contribution in [0.15, 0.2) is 30.3 Å². The molecular weight excluding hydrogens is 266 g/mol. The first kappa shape index (κ1) is 17.5. The van der Waals surface area contributed by atoms with E-state index < -0.39 is 6.09 Å². The van der Waals surface area contributed by atoms with Gasteiger partial charge in [0.2, 0.25) is 0 Å². The molecule has 0 bridgehead atoms. The maximum absolute atomic E-state index is 11.3. The summed E-state index contributed by atoms with van der Waals surface area (Å²) in [4.78, 5) is 11.3. The lowest BCUT2D eigenvalue weighted by molar-refractivity contribution is 0.0918. The molecule has 0 unspecified atom stereocenters. The van der Waals surface area contributed by atoms with Gasteiger partial charge in [-0.3, -0.25) is 0 Å². The summed E-state index contributed by atoms with van der Waals surface area (Å²) in [5.41, 5.74) is 9.53. The second-order valence-electron chi connectivity index (χ2n) is 5.31. The van der Waals surface area contributed by atoms with Crippen molar-refractivity contribution in [3.05, 3.63) is 35.9 Å². The number of hydrazine groups is 1. The van der Waals surface area contributed by atoms with Gasteiger partial charge in [-0.15, -0.1) is 0 Å². The van der Waals surface area contributed by atoms with E-state index in [0.717, 1.165) is 44.2 Å². The van der Waals surface area contributed by atoms with Crippen molar-refractivity contribution in [2.45, 2.75) is 51.6 Å². The van der Waals surface area contributed by atoms with Crippen LogP contribution >= 0.6 is 0 Å². The summed E-state index contributed by atoms with van der Waals surface area (Å²) in [6.45, 7) is 3.19. The normalized spacial score (nSPS) is 12.1. The van der Waals surface area contributed by atoms with Gasteiger partial charge in [0.25, 0.3) is 0 Å². The van der Waals surface area contributed by atoms with Gasteiger partial charge in [0.05, 0.1) is 0 Å². The number of amides is 1. The van der Waals surface area contributed by atoms with Gasteiger partial charge in [0.15, 0.2) is 0 Å². The number of hydrogen-bond donors (Lipinski definition) is 3. The topological polar surface area (TPSA) is 78.6 Å². The van der Waals surface area contributed by atoms with E-state index in [4.69, 9.17) is 5.73 Å². The molecule has 0 saturated carbocycles. The summed E-state index contributed by atoms with van der Waals surface area (Å²) < 4.78 is 0. The Hall–Kier alpha value is -1.59. The monoisotopic (exact) mass is 293 g/mol. The number of benzene rings is 1. The molecule has 0 fully saturated rings. The van der Waals surface area contributed by atoms with Crippen molar-refractivity contribution >= 4 is 6.09 Å². The molecule has 5 nitrogen and oxygen atoms in total. The van der Waals surface area contributed by atoms with Gasteiger partial charge in [0.1, 0.15) is 0 Å². The van der Waals surface area contributed by atoms with Crippen LogP contribution in [0, 0.1) is 0 Å². The van der Waals surface area contributed by atoms with E-state index in [1.807, 2.05) is 37.3 Å². The Morgan fingerprint density at radius 3 is 2.52 bits per heavy atom. The van der Waals surface area contributed by atoms with Crippen LogP contribution in [0.5, 0.6) is 0 Å². The summed E-state index contributed by atoms with van der Waals surface area (Å²) in [6.07, 6.45) is 4.22. The predicted octanol–water partition coefficient (Wildman–Crippen LogP) is 2.97. The number of nitrogens with two attached hydrogens (primary N) is 1. The second kappa shape index (κ2) is 10.2. The van der Waals surface area contributed by atoms with Crippen molar-refractivity contribution in [1.82, 2.24) is 10.4 Å². The SMILES string of the molecule is C[C@H](CCCCCCN)N(NCc1ccccc1)C(=O)O. The fraction of sp³-hybridized carbons (Fsp3) is 0.562. The fourth-order valence-corrected chi connectivity index (χ4v) is 2.25. The largest absolute Gasteiger partial charge is 0.464 e. The number of nitrogens with zero attached hydrogens (tertiary/aromatic N) is 1. The molecule has 118 valence electrons. The average molecular weight is 293 g/mol. The van der Waals surface area contributed by atoms with E-state index in [-0.39, 0.29) is 6.04 Å². The Bertz CT molecular complexity index is 398. The van der Waals surface area contributed by atoms with E-state index in [1.54, 1.807) is 0 Å². The highest BCUT2D eigenvalue weighted by Gasteiger charge is 2.18. The molecular formula is C16H27N3O2. The van der Waals surface area contributed by atoms with Crippen LogP contribution in [0.3, 0.4) is 0 Å². The summed E-state index contributed by atoms with van der Waals surface area (Å²) in [6, 6.07) is 9.76. The van der Waals surface area contributed by atoms with Gasteiger partial charge < -0.3 is 10.8 Å². The molecule has 1 aromatic carbocycles. The lowest BCUT2D eigenvalue weighted by atomic mass is 10.1. The van der Waals surface area contributed by atoms with Crippen LogP contribution in [0.25, 0.3) is 0 Å². The van der Waals surface area contributed by atoms with Gasteiger partial charge in [-0.25, -0.2) is 15.2 Å². The highest BCUT2D eigenvalue weighted by molar-refractivity contribution is 5.64. The zero-order chi connectivity index (χ0) is 15.5. The molecule has 4 N–H and O–H groups in total. The van der Waals surface area contributed by atoms with E-state index in [9.17, 15) is 9.90 Å². The summed E-state index contributed by atoms with van der Waals surface area (Å²) in [7, 11) is 0. The third kappa shape index (κ3) is 7.11. The number of carbonyl (C=O) groups is 1. The van der Waals surface area contributed by atoms with Crippen LogP contribution in [-0.4, -0.2) is 28.8 Å². The molecule has 1 atom stereocenters. The minimum Gasteiger partial charge on any atom is -0.464 e. The van der Waals surface area contributed by atoms with Gasteiger partial charge in [-0.2, -0.15) is 0 Å². The Kier molecular flexibility index (Phi) is 8.47. The Morgan fingerprint density at radius 1 is 1.24 bits per heavy atom. The number of unbranched alkanes of at least 4 members (excludes halogenated alkanes) is 3. The molecule has 0 aliphatic heterocycles. The molecule has 0 saturated heterocycles. The van der Waals surface area contributed by atoms with Crippen LogP contribution < -0.4 is 11.2 Å². The third-order valence-corrected chi connectivity index (χ3v) is 3.52. The van der Waals surface area contributed by atoms with Crippen LogP contribution in [-0.2, 0) is 6.54 Å². The number of hydrogen-bond acceptors (Lipinski definition) is 3. The van der Waals surface area contributed by atoms with Gasteiger partial charge >= 0.3 is 6.09 Å². The van der Waals surface area contributed by atoms with Crippen molar-refractivity contribution in [2.24, 2.45) is 5.73 Å². The highest BCUT2D eigenvalue weighted by Crippen LogP contribution is 2.10. The Labute approximate surface area is 127 Å². The van der Waals surface area contributed by atoms with Crippen LogP contribution in [0.2, 0.25) is 0 Å². The van der Waals surface area contributed by atoms with E-state index in [0.29, 0.717) is 6.54 Å². The molecule has 1 rings (SSSR count). The highest BCUT2D eigenvalue weighted by atomic mass is 16.4. The predicted molar refractivity (Wildman–Crippen MR) is 84.7 cm³/mol. The summed E-state index contributed by atoms with van der Waals surface area (Å²) in [5.74, 6) is 0. The molecule has 0 radical (unpaired) electrons. The van der Waals surface area contributed by atoms with Crippen molar-refractivity contribution in [3.8, 4) is 0 Å². The molecule has 0 heterocycles. The maximum atomic E-state index is 11.3. The molecule has 5 heteroatoms. The third-order valence-electron chi connectivity index (χ3n) is 3.52. The van der Waals surface area contributed by atoms with E-state index in [2.05, 4.69) is 5.43 Å². The zero-order valence-electron chi connectivity index (χ0n) is 12.8. The minimum absolute atomic E-state index is 0.0379. The first-order valence-corrected chi connectivity index (χ1v) is 7.64. The summed E-state index contributed by atoms with van der Waals surface area (Å²) in [5, 5.41) is 10.6. The zero-order valence-corrected chi connectivity index (χ0v) is 12.8. The van der Waals surface area contributed by atoms with Crippen molar-refractivity contribution in [2.75, 3.05) is 6.54 Å².